The Balaban J connectivity index is 2.38. The SMILES string of the molecule is CCNCc1ccc(-c2cc(F)c(F)c(F)c2)c(Cl)c1. The fourth-order valence-electron chi connectivity index (χ4n) is 1.88. The highest BCUT2D eigenvalue weighted by molar-refractivity contribution is 6.33. The molecule has 0 fully saturated rings. The van der Waals surface area contributed by atoms with Gasteiger partial charge < -0.3 is 5.32 Å². The summed E-state index contributed by atoms with van der Waals surface area (Å²) in [7, 11) is 0. The monoisotopic (exact) mass is 299 g/mol. The second kappa shape index (κ2) is 6.29. The first-order chi connectivity index (χ1) is 9.52. The summed E-state index contributed by atoms with van der Waals surface area (Å²) in [5, 5.41) is 3.51. The van der Waals surface area contributed by atoms with Crippen LogP contribution < -0.4 is 5.32 Å². The first-order valence-corrected chi connectivity index (χ1v) is 6.54. The molecule has 20 heavy (non-hydrogen) atoms. The van der Waals surface area contributed by atoms with Crippen molar-refractivity contribution in [2.75, 3.05) is 6.54 Å². The summed E-state index contributed by atoms with van der Waals surface area (Å²) >= 11 is 6.12. The molecule has 2 rings (SSSR count). The van der Waals surface area contributed by atoms with E-state index in [0.29, 0.717) is 17.1 Å². The van der Waals surface area contributed by atoms with Crippen molar-refractivity contribution in [1.82, 2.24) is 5.32 Å². The summed E-state index contributed by atoms with van der Waals surface area (Å²) in [6.45, 7) is 3.47. The molecule has 0 aliphatic carbocycles. The van der Waals surface area contributed by atoms with Crippen LogP contribution in [0.1, 0.15) is 12.5 Å². The molecule has 1 N–H and O–H groups in total. The Bertz CT molecular complexity index is 606. The van der Waals surface area contributed by atoms with Crippen molar-refractivity contribution in [2.45, 2.75) is 13.5 Å². The van der Waals surface area contributed by atoms with Gasteiger partial charge in [0.25, 0.3) is 0 Å². The molecule has 1 nitrogen and oxygen atoms in total. The topological polar surface area (TPSA) is 12.0 Å². The minimum atomic E-state index is -1.48. The average molecular weight is 300 g/mol. The van der Waals surface area contributed by atoms with Crippen LogP contribution in [0, 0.1) is 17.5 Å². The Morgan fingerprint density at radius 1 is 1.05 bits per heavy atom. The Labute approximate surface area is 120 Å². The predicted octanol–water partition coefficient (Wildman–Crippen LogP) is 4.53. The van der Waals surface area contributed by atoms with Crippen LogP contribution in [-0.2, 0) is 6.54 Å². The molecular weight excluding hydrogens is 287 g/mol. The van der Waals surface area contributed by atoms with Gasteiger partial charge in [-0.1, -0.05) is 30.7 Å². The van der Waals surface area contributed by atoms with Gasteiger partial charge in [0, 0.05) is 17.1 Å². The Hall–Kier alpha value is -1.52. The van der Waals surface area contributed by atoms with Crippen molar-refractivity contribution in [2.24, 2.45) is 0 Å². The van der Waals surface area contributed by atoms with Crippen LogP contribution in [0.15, 0.2) is 30.3 Å². The second-order valence-electron chi connectivity index (χ2n) is 4.35. The van der Waals surface area contributed by atoms with E-state index in [-0.39, 0.29) is 5.56 Å². The Morgan fingerprint density at radius 2 is 1.70 bits per heavy atom. The van der Waals surface area contributed by atoms with Crippen LogP contribution in [0.4, 0.5) is 13.2 Å². The van der Waals surface area contributed by atoms with Crippen LogP contribution in [0.25, 0.3) is 11.1 Å². The molecule has 2 aromatic carbocycles. The molecule has 0 heterocycles. The van der Waals surface area contributed by atoms with E-state index in [9.17, 15) is 13.2 Å². The summed E-state index contributed by atoms with van der Waals surface area (Å²) < 4.78 is 39.4. The maximum atomic E-state index is 13.2. The molecule has 2 aromatic rings. The molecule has 0 saturated heterocycles. The maximum absolute atomic E-state index is 13.2. The van der Waals surface area contributed by atoms with Gasteiger partial charge in [-0.05, 0) is 35.9 Å². The molecule has 106 valence electrons. The first kappa shape index (κ1) is 14.9. The van der Waals surface area contributed by atoms with Gasteiger partial charge in [0.05, 0.1) is 0 Å². The number of halogens is 4. The molecule has 0 radical (unpaired) electrons. The lowest BCUT2D eigenvalue weighted by atomic mass is 10.0. The van der Waals surface area contributed by atoms with E-state index in [2.05, 4.69) is 5.32 Å². The molecule has 0 amide bonds. The van der Waals surface area contributed by atoms with Gasteiger partial charge in [0.2, 0.25) is 0 Å². The fourth-order valence-corrected chi connectivity index (χ4v) is 2.20. The normalized spacial score (nSPS) is 10.8. The van der Waals surface area contributed by atoms with Gasteiger partial charge in [-0.15, -0.1) is 0 Å². The highest BCUT2D eigenvalue weighted by Gasteiger charge is 2.13. The van der Waals surface area contributed by atoms with E-state index < -0.39 is 17.5 Å². The summed E-state index contributed by atoms with van der Waals surface area (Å²) in [5.74, 6) is -3.94. The van der Waals surface area contributed by atoms with Crippen LogP contribution in [0.3, 0.4) is 0 Å². The Morgan fingerprint density at radius 3 is 2.25 bits per heavy atom. The van der Waals surface area contributed by atoms with Crippen molar-refractivity contribution < 1.29 is 13.2 Å². The minimum absolute atomic E-state index is 0.210. The predicted molar refractivity (Wildman–Crippen MR) is 74.1 cm³/mol. The molecular formula is C15H13ClF3N. The van der Waals surface area contributed by atoms with Crippen LogP contribution in [0.5, 0.6) is 0 Å². The molecule has 0 bridgehead atoms. The highest BCUT2D eigenvalue weighted by atomic mass is 35.5. The van der Waals surface area contributed by atoms with Crippen molar-refractivity contribution in [1.29, 1.82) is 0 Å². The van der Waals surface area contributed by atoms with E-state index in [4.69, 9.17) is 11.6 Å². The third-order valence-corrected chi connectivity index (χ3v) is 3.22. The van der Waals surface area contributed by atoms with E-state index in [1.807, 2.05) is 13.0 Å². The molecule has 0 saturated carbocycles. The quantitative estimate of drug-likeness (QED) is 0.818. The van der Waals surface area contributed by atoms with Crippen LogP contribution in [0.2, 0.25) is 5.02 Å². The van der Waals surface area contributed by atoms with E-state index in [0.717, 1.165) is 24.2 Å². The van der Waals surface area contributed by atoms with E-state index >= 15 is 0 Å². The Kier molecular flexibility index (Phi) is 4.68. The van der Waals surface area contributed by atoms with Gasteiger partial charge in [-0.25, -0.2) is 13.2 Å². The third kappa shape index (κ3) is 3.14. The smallest absolute Gasteiger partial charge is 0.194 e. The standard InChI is InChI=1S/C15H13ClF3N/c1-2-20-8-9-3-4-11(12(16)5-9)10-6-13(17)15(19)14(18)7-10/h3-7,20H,2,8H2,1H3. The van der Waals surface area contributed by atoms with E-state index in [1.54, 1.807) is 12.1 Å². The lowest BCUT2D eigenvalue weighted by molar-refractivity contribution is 0.448. The molecule has 0 aliphatic heterocycles. The lowest BCUT2D eigenvalue weighted by Crippen LogP contribution is -2.11. The number of hydrogen-bond acceptors (Lipinski definition) is 1. The summed E-state index contributed by atoms with van der Waals surface area (Å²) in [6.07, 6.45) is 0. The number of nitrogens with one attached hydrogen (secondary N) is 1. The number of hydrogen-bond donors (Lipinski definition) is 1. The van der Waals surface area contributed by atoms with Gasteiger partial charge in [-0.3, -0.25) is 0 Å². The molecule has 5 heteroatoms. The van der Waals surface area contributed by atoms with Gasteiger partial charge in [0.1, 0.15) is 0 Å². The van der Waals surface area contributed by atoms with Crippen molar-refractivity contribution in [3.8, 4) is 11.1 Å². The fraction of sp³-hybridized carbons (Fsp3) is 0.200. The molecule has 0 aliphatic rings. The molecule has 0 spiro atoms. The van der Waals surface area contributed by atoms with E-state index in [1.165, 1.54) is 0 Å². The van der Waals surface area contributed by atoms with Crippen LogP contribution >= 0.6 is 11.6 Å². The zero-order valence-electron chi connectivity index (χ0n) is 10.8. The second-order valence-corrected chi connectivity index (χ2v) is 4.76. The molecule has 0 unspecified atom stereocenters. The largest absolute Gasteiger partial charge is 0.313 e. The third-order valence-electron chi connectivity index (χ3n) is 2.91. The zero-order valence-corrected chi connectivity index (χ0v) is 11.6. The van der Waals surface area contributed by atoms with Gasteiger partial charge in [-0.2, -0.15) is 0 Å². The summed E-state index contributed by atoms with van der Waals surface area (Å²) in [4.78, 5) is 0. The lowest BCUT2D eigenvalue weighted by Gasteiger charge is -2.09. The maximum Gasteiger partial charge on any atom is 0.194 e. The van der Waals surface area contributed by atoms with Gasteiger partial charge in [0.15, 0.2) is 17.5 Å². The first-order valence-electron chi connectivity index (χ1n) is 6.17. The van der Waals surface area contributed by atoms with Crippen molar-refractivity contribution in [3.63, 3.8) is 0 Å². The van der Waals surface area contributed by atoms with Gasteiger partial charge >= 0.3 is 0 Å². The van der Waals surface area contributed by atoms with Crippen molar-refractivity contribution >= 4 is 11.6 Å². The van der Waals surface area contributed by atoms with Crippen LogP contribution in [-0.4, -0.2) is 6.54 Å². The highest BCUT2D eigenvalue weighted by Crippen LogP contribution is 2.30. The van der Waals surface area contributed by atoms with Crippen molar-refractivity contribution in [3.05, 3.63) is 58.4 Å². The zero-order chi connectivity index (χ0) is 14.7. The molecule has 0 aromatic heterocycles. The number of rotatable bonds is 4. The average Bonchev–Trinajstić information content (AvgIpc) is 2.42. The molecule has 0 atom stereocenters. The number of benzene rings is 2. The summed E-state index contributed by atoms with van der Waals surface area (Å²) in [5.41, 5.74) is 1.63. The summed E-state index contributed by atoms with van der Waals surface area (Å²) in [6, 6.07) is 7.07. The minimum Gasteiger partial charge on any atom is -0.313 e.